The van der Waals surface area contributed by atoms with Gasteiger partial charge in [0.15, 0.2) is 14.1 Å². The smallest absolute Gasteiger partial charge is 0.192 e. The Morgan fingerprint density at radius 1 is 0.768 bits per heavy atom. The van der Waals surface area contributed by atoms with Crippen molar-refractivity contribution in [2.24, 2.45) is 5.41 Å². The van der Waals surface area contributed by atoms with Crippen LogP contribution < -0.4 is 0 Å². The third kappa shape index (κ3) is 12.7. The quantitative estimate of drug-likeness (QED) is 0.0473. The minimum atomic E-state index is -2.38. The van der Waals surface area contributed by atoms with Crippen LogP contribution in [-0.2, 0) is 29.0 Å². The number of ether oxygens (including phenoxy) is 4. The molecule has 3 atom stereocenters. The van der Waals surface area contributed by atoms with Crippen molar-refractivity contribution in [1.82, 2.24) is 0 Å². The topological polar surface area (TPSA) is 66.4 Å². The first-order valence-electron chi connectivity index (χ1n) is 21.3. The summed E-state index contributed by atoms with van der Waals surface area (Å²) in [7, 11) is -2.38. The molecule has 0 spiro atoms. The van der Waals surface area contributed by atoms with E-state index in [2.05, 4.69) is 140 Å². The molecule has 1 aliphatic rings. The number of unbranched alkanes of at least 4 members (excludes halogenated alkanes) is 3. The van der Waals surface area contributed by atoms with Gasteiger partial charge in [-0.25, -0.2) is 0 Å². The number of aliphatic hydroxyl groups excluding tert-OH is 1. The summed E-state index contributed by atoms with van der Waals surface area (Å²) < 4.78 is 34.2. The van der Waals surface area contributed by atoms with Crippen LogP contribution in [0, 0.1) is 5.41 Å². The molecule has 1 aliphatic heterocycles. The maximum absolute atomic E-state index is 12.1. The molecule has 3 unspecified atom stereocenters. The molecule has 1 saturated heterocycles. The second-order valence-corrected chi connectivity index (χ2v) is 23.2. The SMILES string of the molecule is CCCCCCC1(CC/C=C\CC(O)C(OC(C)C)C(COC(c2ccccc2)(c2ccccc2)c2ccccc2)O[Si](C)(C)C(C)(C)C)OCC(C)(C)CO1. The molecule has 6 nitrogen and oxygen atoms in total. The highest BCUT2D eigenvalue weighted by atomic mass is 28.4. The van der Waals surface area contributed by atoms with Crippen molar-refractivity contribution in [2.75, 3.05) is 19.8 Å². The molecule has 310 valence electrons. The van der Waals surface area contributed by atoms with Crippen molar-refractivity contribution in [1.29, 1.82) is 0 Å². The number of aliphatic hydroxyl groups is 1. The summed E-state index contributed by atoms with van der Waals surface area (Å²) >= 11 is 0. The van der Waals surface area contributed by atoms with Crippen molar-refractivity contribution in [3.05, 3.63) is 120 Å². The Morgan fingerprint density at radius 2 is 1.29 bits per heavy atom. The van der Waals surface area contributed by atoms with Crippen molar-refractivity contribution in [2.45, 2.75) is 161 Å². The summed E-state index contributed by atoms with van der Waals surface area (Å²) in [5, 5.41) is 12.0. The van der Waals surface area contributed by atoms with E-state index in [-0.39, 0.29) is 23.2 Å². The van der Waals surface area contributed by atoms with E-state index < -0.39 is 38.0 Å². The number of rotatable bonds is 22. The maximum atomic E-state index is 12.1. The summed E-state index contributed by atoms with van der Waals surface area (Å²) in [6, 6.07) is 31.3. The van der Waals surface area contributed by atoms with Gasteiger partial charge in [-0.3, -0.25) is 0 Å². The van der Waals surface area contributed by atoms with Gasteiger partial charge in [0, 0.05) is 18.3 Å². The fourth-order valence-electron chi connectivity index (χ4n) is 7.23. The number of allylic oxidation sites excluding steroid dienone is 1. The maximum Gasteiger partial charge on any atom is 0.192 e. The van der Waals surface area contributed by atoms with E-state index in [1.165, 1.54) is 19.3 Å². The summed E-state index contributed by atoms with van der Waals surface area (Å²) in [6.07, 6.45) is 9.78. The number of benzene rings is 3. The van der Waals surface area contributed by atoms with E-state index in [0.717, 1.165) is 42.4 Å². The van der Waals surface area contributed by atoms with E-state index >= 15 is 0 Å². The second kappa shape index (κ2) is 20.9. The van der Waals surface area contributed by atoms with Crippen LogP contribution in [0.15, 0.2) is 103 Å². The molecule has 1 fully saturated rings. The average Bonchev–Trinajstić information content (AvgIpc) is 3.17. The Morgan fingerprint density at radius 3 is 1.75 bits per heavy atom. The van der Waals surface area contributed by atoms with Gasteiger partial charge < -0.3 is 28.5 Å². The summed E-state index contributed by atoms with van der Waals surface area (Å²) in [4.78, 5) is 0. The summed E-state index contributed by atoms with van der Waals surface area (Å²) in [5.74, 6) is -0.544. The van der Waals surface area contributed by atoms with Gasteiger partial charge in [-0.15, -0.1) is 0 Å². The molecule has 1 N–H and O–H groups in total. The molecule has 3 aromatic carbocycles. The predicted octanol–water partition coefficient (Wildman–Crippen LogP) is 12.0. The van der Waals surface area contributed by atoms with Gasteiger partial charge in [0.25, 0.3) is 0 Å². The Hall–Kier alpha value is -2.62. The molecule has 4 rings (SSSR count). The summed E-state index contributed by atoms with van der Waals surface area (Å²) in [5.41, 5.74) is 2.15. The van der Waals surface area contributed by atoms with Crippen LogP contribution >= 0.6 is 0 Å². The van der Waals surface area contributed by atoms with Gasteiger partial charge in [-0.2, -0.15) is 0 Å². The normalized spacial score (nSPS) is 17.9. The molecule has 3 aromatic rings. The minimum absolute atomic E-state index is 0.0218. The third-order valence-corrected chi connectivity index (χ3v) is 16.0. The zero-order chi connectivity index (χ0) is 40.9. The lowest BCUT2D eigenvalue weighted by Gasteiger charge is -2.44. The van der Waals surface area contributed by atoms with Crippen LogP contribution in [0.4, 0.5) is 0 Å². The first kappa shape index (κ1) is 46.1. The molecule has 0 aliphatic carbocycles. The van der Waals surface area contributed by atoms with Gasteiger partial charge in [-0.05, 0) is 67.9 Å². The Bertz CT molecular complexity index is 1460. The molecule has 1 heterocycles. The van der Waals surface area contributed by atoms with Gasteiger partial charge >= 0.3 is 0 Å². The van der Waals surface area contributed by atoms with E-state index in [1.807, 2.05) is 32.0 Å². The standard InChI is InChI=1S/C49H74O6Si/c1-11-12-13-25-34-48(52-37-47(7,8)38-53-48)35-26-17-24-33-43(50)45(54-39(2)3)44(55-56(9,10)46(4,5)6)36-51-49(40-27-18-14-19-28-40,41-29-20-15-21-30-41)42-31-22-16-23-32-42/h14-24,27-32,39,43-45,50H,11-13,25-26,33-38H2,1-10H3/b24-17-. The minimum Gasteiger partial charge on any atom is -0.409 e. The molecule has 0 radical (unpaired) electrons. The average molecular weight is 787 g/mol. The number of hydrogen-bond acceptors (Lipinski definition) is 6. The van der Waals surface area contributed by atoms with Crippen molar-refractivity contribution in [3.8, 4) is 0 Å². The van der Waals surface area contributed by atoms with Crippen LogP contribution in [0.25, 0.3) is 0 Å². The molecular formula is C49H74O6Si. The van der Waals surface area contributed by atoms with E-state index in [0.29, 0.717) is 19.6 Å². The lowest BCUT2D eigenvalue weighted by molar-refractivity contribution is -0.304. The monoisotopic (exact) mass is 787 g/mol. The highest BCUT2D eigenvalue weighted by Gasteiger charge is 2.45. The first-order chi connectivity index (χ1) is 26.5. The molecule has 56 heavy (non-hydrogen) atoms. The largest absolute Gasteiger partial charge is 0.409 e. The fourth-order valence-corrected chi connectivity index (χ4v) is 8.54. The van der Waals surface area contributed by atoms with Crippen LogP contribution in [0.1, 0.15) is 123 Å². The first-order valence-corrected chi connectivity index (χ1v) is 24.2. The Balaban J connectivity index is 1.63. The second-order valence-electron chi connectivity index (χ2n) is 18.4. The molecule has 0 bridgehead atoms. The zero-order valence-electron chi connectivity index (χ0n) is 36.4. The van der Waals surface area contributed by atoms with E-state index in [1.54, 1.807) is 0 Å². The molecule has 0 aromatic heterocycles. The van der Waals surface area contributed by atoms with Gasteiger partial charge in [0.05, 0.1) is 38.1 Å². The van der Waals surface area contributed by atoms with Crippen molar-refractivity contribution in [3.63, 3.8) is 0 Å². The van der Waals surface area contributed by atoms with E-state index in [4.69, 9.17) is 23.4 Å². The zero-order valence-corrected chi connectivity index (χ0v) is 37.4. The molecular weight excluding hydrogens is 713 g/mol. The van der Waals surface area contributed by atoms with Gasteiger partial charge in [-0.1, -0.05) is 164 Å². The highest BCUT2D eigenvalue weighted by Crippen LogP contribution is 2.43. The Kier molecular flexibility index (Phi) is 17.2. The van der Waals surface area contributed by atoms with Crippen LogP contribution in [-0.4, -0.2) is 63.4 Å². The molecule has 0 saturated carbocycles. The van der Waals surface area contributed by atoms with E-state index in [9.17, 15) is 5.11 Å². The fraction of sp³-hybridized carbons (Fsp3) is 0.592. The van der Waals surface area contributed by atoms with Crippen molar-refractivity contribution < 1.29 is 28.5 Å². The number of hydrogen-bond donors (Lipinski definition) is 1. The highest BCUT2D eigenvalue weighted by molar-refractivity contribution is 6.74. The van der Waals surface area contributed by atoms with Crippen LogP contribution in [0.2, 0.25) is 18.1 Å². The molecule has 7 heteroatoms. The lowest BCUT2D eigenvalue weighted by atomic mass is 9.80. The summed E-state index contributed by atoms with van der Waals surface area (Å²) in [6.45, 7) is 23.5. The Labute approximate surface area is 341 Å². The third-order valence-electron chi connectivity index (χ3n) is 11.5. The van der Waals surface area contributed by atoms with Crippen LogP contribution in [0.3, 0.4) is 0 Å². The predicted molar refractivity (Wildman–Crippen MR) is 233 cm³/mol. The lowest BCUT2D eigenvalue weighted by Crippen LogP contribution is -2.53. The molecule has 0 amide bonds. The van der Waals surface area contributed by atoms with Crippen molar-refractivity contribution >= 4 is 8.32 Å². The van der Waals surface area contributed by atoms with Gasteiger partial charge in [0.2, 0.25) is 0 Å². The van der Waals surface area contributed by atoms with Crippen LogP contribution in [0.5, 0.6) is 0 Å². The van der Waals surface area contributed by atoms with Gasteiger partial charge in [0.1, 0.15) is 11.7 Å².